The number of anilines is 1. The van der Waals surface area contributed by atoms with Crippen molar-refractivity contribution in [3.05, 3.63) is 65.2 Å². The first kappa shape index (κ1) is 24.1. The van der Waals surface area contributed by atoms with Gasteiger partial charge in [0, 0.05) is 28.7 Å². The number of amides is 1. The summed E-state index contributed by atoms with van der Waals surface area (Å²) in [6, 6.07) is 13.0. The van der Waals surface area contributed by atoms with Crippen LogP contribution in [0.25, 0.3) is 11.1 Å². The van der Waals surface area contributed by atoms with E-state index in [0.717, 1.165) is 36.1 Å². The lowest BCUT2D eigenvalue weighted by atomic mass is 9.99. The SMILES string of the molecule is CCCCC(CN(C(=O)OCC)c1ccc(Cl)cc1-c1ccc(Cl)cc1)Cn1cncn1. The Kier molecular flexibility index (Phi) is 8.94. The summed E-state index contributed by atoms with van der Waals surface area (Å²) in [5.41, 5.74) is 2.51. The van der Waals surface area contributed by atoms with Gasteiger partial charge >= 0.3 is 6.09 Å². The van der Waals surface area contributed by atoms with Crippen LogP contribution in [0.4, 0.5) is 10.5 Å². The normalized spacial score (nSPS) is 11.9. The quantitative estimate of drug-likeness (QED) is 0.327. The zero-order valence-electron chi connectivity index (χ0n) is 18.4. The first-order valence-electron chi connectivity index (χ1n) is 10.8. The zero-order chi connectivity index (χ0) is 22.9. The molecule has 0 saturated heterocycles. The molecule has 0 saturated carbocycles. The average Bonchev–Trinajstić information content (AvgIpc) is 3.29. The largest absolute Gasteiger partial charge is 0.449 e. The van der Waals surface area contributed by atoms with Crippen LogP contribution in [0, 0.1) is 5.92 Å². The number of benzene rings is 2. The number of ether oxygens (including phenoxy) is 1. The predicted molar refractivity (Wildman–Crippen MR) is 129 cm³/mol. The number of hydrogen-bond donors (Lipinski definition) is 0. The minimum atomic E-state index is -0.384. The molecule has 1 atom stereocenters. The van der Waals surface area contributed by atoms with E-state index in [2.05, 4.69) is 17.0 Å². The van der Waals surface area contributed by atoms with Crippen molar-refractivity contribution in [3.8, 4) is 11.1 Å². The van der Waals surface area contributed by atoms with Crippen molar-refractivity contribution in [1.29, 1.82) is 0 Å². The molecule has 3 aromatic rings. The van der Waals surface area contributed by atoms with Crippen LogP contribution in [-0.2, 0) is 11.3 Å². The zero-order valence-corrected chi connectivity index (χ0v) is 19.9. The highest BCUT2D eigenvalue weighted by molar-refractivity contribution is 6.31. The number of halogens is 2. The summed E-state index contributed by atoms with van der Waals surface area (Å²) in [4.78, 5) is 18.9. The average molecular weight is 475 g/mol. The summed E-state index contributed by atoms with van der Waals surface area (Å²) in [5, 5.41) is 5.49. The van der Waals surface area contributed by atoms with E-state index < -0.39 is 0 Å². The van der Waals surface area contributed by atoms with E-state index >= 15 is 0 Å². The van der Waals surface area contributed by atoms with Crippen LogP contribution in [0.3, 0.4) is 0 Å². The van der Waals surface area contributed by atoms with Gasteiger partial charge in [-0.15, -0.1) is 0 Å². The second-order valence-corrected chi connectivity index (χ2v) is 8.48. The van der Waals surface area contributed by atoms with Crippen molar-refractivity contribution >= 4 is 35.0 Å². The molecule has 8 heteroatoms. The van der Waals surface area contributed by atoms with Gasteiger partial charge in [0.1, 0.15) is 12.7 Å². The highest BCUT2D eigenvalue weighted by atomic mass is 35.5. The van der Waals surface area contributed by atoms with Crippen LogP contribution >= 0.6 is 23.2 Å². The van der Waals surface area contributed by atoms with Crippen molar-refractivity contribution < 1.29 is 9.53 Å². The van der Waals surface area contributed by atoms with Gasteiger partial charge in [-0.25, -0.2) is 9.78 Å². The number of unbranched alkanes of at least 4 members (excludes halogenated alkanes) is 1. The molecule has 6 nitrogen and oxygen atoms in total. The molecule has 0 aliphatic rings. The Hall–Kier alpha value is -2.57. The van der Waals surface area contributed by atoms with Crippen LogP contribution in [0.1, 0.15) is 33.1 Å². The Morgan fingerprint density at radius 3 is 2.53 bits per heavy atom. The lowest BCUT2D eigenvalue weighted by molar-refractivity contribution is 0.158. The predicted octanol–water partition coefficient (Wildman–Crippen LogP) is 6.72. The highest BCUT2D eigenvalue weighted by Gasteiger charge is 2.25. The first-order chi connectivity index (χ1) is 15.5. The Labute approximate surface area is 199 Å². The van der Waals surface area contributed by atoms with E-state index in [4.69, 9.17) is 27.9 Å². The lowest BCUT2D eigenvalue weighted by Gasteiger charge is -2.29. The van der Waals surface area contributed by atoms with Gasteiger partial charge in [0.05, 0.1) is 12.3 Å². The number of nitrogens with zero attached hydrogens (tertiary/aromatic N) is 4. The topological polar surface area (TPSA) is 60.2 Å². The third-order valence-corrected chi connectivity index (χ3v) is 5.70. The van der Waals surface area contributed by atoms with Gasteiger partial charge in [-0.3, -0.25) is 9.58 Å². The monoisotopic (exact) mass is 474 g/mol. The van der Waals surface area contributed by atoms with E-state index in [1.165, 1.54) is 6.33 Å². The van der Waals surface area contributed by atoms with Gasteiger partial charge in [0.25, 0.3) is 0 Å². The molecule has 1 amide bonds. The molecule has 2 aromatic carbocycles. The second kappa shape index (κ2) is 11.9. The Balaban J connectivity index is 1.99. The molecular formula is C24H28Cl2N4O2. The van der Waals surface area contributed by atoms with Crippen LogP contribution < -0.4 is 4.90 Å². The molecule has 1 aromatic heterocycles. The van der Waals surface area contributed by atoms with E-state index in [1.54, 1.807) is 17.3 Å². The maximum Gasteiger partial charge on any atom is 0.414 e. The smallest absolute Gasteiger partial charge is 0.414 e. The minimum Gasteiger partial charge on any atom is -0.449 e. The van der Waals surface area contributed by atoms with Crippen LogP contribution in [0.15, 0.2) is 55.1 Å². The summed E-state index contributed by atoms with van der Waals surface area (Å²) in [5.74, 6) is 0.176. The van der Waals surface area contributed by atoms with Gasteiger partial charge in [0.15, 0.2) is 0 Å². The molecule has 0 aliphatic carbocycles. The fourth-order valence-corrected chi connectivity index (χ4v) is 3.96. The lowest BCUT2D eigenvalue weighted by Crippen LogP contribution is -2.37. The van der Waals surface area contributed by atoms with Crippen LogP contribution in [0.2, 0.25) is 10.0 Å². The summed E-state index contributed by atoms with van der Waals surface area (Å²) in [7, 11) is 0. The number of carbonyl (C=O) groups excluding carboxylic acids is 1. The summed E-state index contributed by atoms with van der Waals surface area (Å²) in [6.45, 7) is 5.41. The number of rotatable bonds is 10. The molecule has 32 heavy (non-hydrogen) atoms. The molecule has 0 fully saturated rings. The minimum absolute atomic E-state index is 0.176. The second-order valence-electron chi connectivity index (χ2n) is 7.60. The van der Waals surface area contributed by atoms with Crippen LogP contribution in [-0.4, -0.2) is 34.0 Å². The summed E-state index contributed by atoms with van der Waals surface area (Å²) >= 11 is 12.4. The van der Waals surface area contributed by atoms with Gasteiger partial charge in [0.2, 0.25) is 0 Å². The van der Waals surface area contributed by atoms with Crippen molar-refractivity contribution in [1.82, 2.24) is 14.8 Å². The summed E-state index contributed by atoms with van der Waals surface area (Å²) in [6.07, 6.45) is 5.93. The fraction of sp³-hybridized carbons (Fsp3) is 0.375. The third kappa shape index (κ3) is 6.47. The number of hydrogen-bond acceptors (Lipinski definition) is 4. The molecule has 1 unspecified atom stereocenters. The number of aromatic nitrogens is 3. The van der Waals surface area contributed by atoms with Gasteiger partial charge in [-0.05, 0) is 55.2 Å². The first-order valence-corrected chi connectivity index (χ1v) is 11.6. The maximum absolute atomic E-state index is 13.1. The molecule has 0 aliphatic heterocycles. The molecule has 1 heterocycles. The molecule has 0 N–H and O–H groups in total. The van der Waals surface area contributed by atoms with Crippen molar-refractivity contribution in [2.24, 2.45) is 5.92 Å². The van der Waals surface area contributed by atoms with E-state index in [-0.39, 0.29) is 12.0 Å². The van der Waals surface area contributed by atoms with Crippen molar-refractivity contribution in [2.75, 3.05) is 18.1 Å². The van der Waals surface area contributed by atoms with Gasteiger partial charge in [-0.1, -0.05) is 55.1 Å². The van der Waals surface area contributed by atoms with Crippen LogP contribution in [0.5, 0.6) is 0 Å². The van der Waals surface area contributed by atoms with E-state index in [1.807, 2.05) is 48.0 Å². The standard InChI is InChI=1S/C24H28Cl2N4O2/c1-3-5-6-18(14-29-17-27-16-28-29)15-30(24(31)32-4-2)23-12-11-21(26)13-22(23)19-7-9-20(25)10-8-19/h7-13,16-18H,3-6,14-15H2,1-2H3. The Morgan fingerprint density at radius 2 is 1.88 bits per heavy atom. The molecule has 0 spiro atoms. The molecular weight excluding hydrogens is 447 g/mol. The molecule has 170 valence electrons. The highest BCUT2D eigenvalue weighted by Crippen LogP contribution is 2.35. The fourth-order valence-electron chi connectivity index (χ4n) is 3.66. The molecule has 0 bridgehead atoms. The van der Waals surface area contributed by atoms with Gasteiger partial charge in [-0.2, -0.15) is 5.10 Å². The molecule has 0 radical (unpaired) electrons. The molecule has 3 rings (SSSR count). The van der Waals surface area contributed by atoms with E-state index in [9.17, 15) is 4.79 Å². The third-order valence-electron chi connectivity index (χ3n) is 5.21. The Morgan fingerprint density at radius 1 is 1.12 bits per heavy atom. The van der Waals surface area contributed by atoms with Gasteiger partial charge < -0.3 is 4.74 Å². The van der Waals surface area contributed by atoms with Crippen molar-refractivity contribution in [3.63, 3.8) is 0 Å². The van der Waals surface area contributed by atoms with E-state index in [0.29, 0.717) is 29.7 Å². The Bertz CT molecular complexity index is 994. The number of carbonyl (C=O) groups is 1. The summed E-state index contributed by atoms with van der Waals surface area (Å²) < 4.78 is 7.25. The maximum atomic E-state index is 13.1. The van der Waals surface area contributed by atoms with Crippen molar-refractivity contribution in [2.45, 2.75) is 39.7 Å².